The number of aromatic nitrogens is 2. The number of ether oxygens (including phenoxy) is 2. The fourth-order valence-corrected chi connectivity index (χ4v) is 6.22. The number of nitrogens with zero attached hydrogens (tertiary/aromatic N) is 5. The second-order valence-electron chi connectivity index (χ2n) is 12.6. The number of hydrogen-bond donors (Lipinski definition) is 0. The average molecular weight is 586 g/mol. The highest BCUT2D eigenvalue weighted by Gasteiger charge is 2.61. The second kappa shape index (κ2) is 10.9. The van der Waals surface area contributed by atoms with Crippen molar-refractivity contribution in [2.24, 2.45) is 11.3 Å². The summed E-state index contributed by atoms with van der Waals surface area (Å²) >= 11 is 0. The lowest BCUT2D eigenvalue weighted by molar-refractivity contribution is -0.141. The van der Waals surface area contributed by atoms with E-state index in [4.69, 9.17) is 9.47 Å². The van der Waals surface area contributed by atoms with Crippen LogP contribution in [0.1, 0.15) is 48.3 Å². The molecule has 1 spiro atoms. The van der Waals surface area contributed by atoms with Gasteiger partial charge in [0.1, 0.15) is 18.2 Å². The minimum Gasteiger partial charge on any atom is -0.446 e. The summed E-state index contributed by atoms with van der Waals surface area (Å²) in [6.07, 6.45) is 2.06. The van der Waals surface area contributed by atoms with E-state index in [0.717, 1.165) is 11.1 Å². The molecule has 0 unspecified atom stereocenters. The molecule has 0 bridgehead atoms. The summed E-state index contributed by atoms with van der Waals surface area (Å²) in [6, 6.07) is 18.5. The second-order valence-corrected chi connectivity index (χ2v) is 12.6. The fourth-order valence-electron chi connectivity index (χ4n) is 6.22. The van der Waals surface area contributed by atoms with Crippen LogP contribution in [0.25, 0.3) is 0 Å². The van der Waals surface area contributed by atoms with Crippen molar-refractivity contribution in [2.75, 3.05) is 32.8 Å². The van der Waals surface area contributed by atoms with Gasteiger partial charge in [0.25, 0.3) is 5.91 Å². The first-order valence-corrected chi connectivity index (χ1v) is 14.4. The predicted molar refractivity (Wildman–Crippen MR) is 155 cm³/mol. The third kappa shape index (κ3) is 5.59. The highest BCUT2D eigenvalue weighted by molar-refractivity contribution is 5.98. The van der Waals surface area contributed by atoms with Crippen molar-refractivity contribution >= 4 is 24.0 Å². The molecule has 0 N–H and O–H groups in total. The van der Waals surface area contributed by atoms with Crippen LogP contribution < -0.4 is 0 Å². The summed E-state index contributed by atoms with van der Waals surface area (Å²) in [5.41, 5.74) is 0.849. The van der Waals surface area contributed by atoms with Crippen molar-refractivity contribution in [3.05, 3.63) is 89.7 Å². The van der Waals surface area contributed by atoms with Gasteiger partial charge in [-0.15, -0.1) is 0 Å². The zero-order valence-electron chi connectivity index (χ0n) is 24.5. The van der Waals surface area contributed by atoms with E-state index in [-0.39, 0.29) is 38.7 Å². The van der Waals surface area contributed by atoms with Crippen LogP contribution in [-0.2, 0) is 20.8 Å². The van der Waals surface area contributed by atoms with Crippen LogP contribution in [0.2, 0.25) is 0 Å². The van der Waals surface area contributed by atoms with Crippen molar-refractivity contribution in [1.29, 1.82) is 0 Å². The summed E-state index contributed by atoms with van der Waals surface area (Å²) in [5.74, 6) is -1.38. The molecule has 4 heterocycles. The molecule has 2 aromatic carbocycles. The molecule has 43 heavy (non-hydrogen) atoms. The largest absolute Gasteiger partial charge is 0.446 e. The van der Waals surface area contributed by atoms with Crippen molar-refractivity contribution in [2.45, 2.75) is 39.0 Å². The number of rotatable bonds is 5. The number of likely N-dealkylation sites (tertiary alicyclic amines) is 2. The Morgan fingerprint density at radius 1 is 0.977 bits per heavy atom. The van der Waals surface area contributed by atoms with Crippen molar-refractivity contribution < 1.29 is 28.7 Å². The topological polar surface area (TPSA) is 114 Å². The Morgan fingerprint density at radius 3 is 2.30 bits per heavy atom. The zero-order valence-corrected chi connectivity index (χ0v) is 24.5. The normalized spacial score (nSPS) is 21.1. The van der Waals surface area contributed by atoms with Crippen molar-refractivity contribution in [3.63, 3.8) is 0 Å². The van der Waals surface area contributed by atoms with Crippen LogP contribution in [0.5, 0.6) is 0 Å². The maximum Gasteiger partial charge on any atom is 0.417 e. The molecule has 1 aromatic heterocycles. The van der Waals surface area contributed by atoms with Gasteiger partial charge in [-0.05, 0) is 31.9 Å². The Hall–Kier alpha value is -4.67. The summed E-state index contributed by atoms with van der Waals surface area (Å²) in [6.45, 7) is 6.78. The molecule has 0 saturated carbocycles. The van der Waals surface area contributed by atoms with E-state index < -0.39 is 41.1 Å². The molecule has 0 radical (unpaired) electrons. The minimum atomic E-state index is -0.728. The van der Waals surface area contributed by atoms with Gasteiger partial charge in [0.2, 0.25) is 5.91 Å². The smallest absolute Gasteiger partial charge is 0.417 e. The molecule has 224 valence electrons. The zero-order chi connectivity index (χ0) is 30.4. The third-order valence-electron chi connectivity index (χ3n) is 8.26. The van der Waals surface area contributed by atoms with Gasteiger partial charge in [-0.1, -0.05) is 60.7 Å². The van der Waals surface area contributed by atoms with Crippen LogP contribution in [0.3, 0.4) is 0 Å². The van der Waals surface area contributed by atoms with E-state index in [0.29, 0.717) is 12.1 Å². The van der Waals surface area contributed by atoms with Gasteiger partial charge < -0.3 is 19.3 Å². The molecule has 0 aliphatic carbocycles. The first-order valence-electron chi connectivity index (χ1n) is 14.4. The Morgan fingerprint density at radius 2 is 1.63 bits per heavy atom. The molecule has 11 nitrogen and oxygen atoms in total. The third-order valence-corrected chi connectivity index (χ3v) is 8.26. The van der Waals surface area contributed by atoms with Crippen LogP contribution in [0, 0.1) is 11.3 Å². The summed E-state index contributed by atoms with van der Waals surface area (Å²) < 4.78 is 12.6. The summed E-state index contributed by atoms with van der Waals surface area (Å²) in [7, 11) is 0. The Bertz CT molecular complexity index is 1530. The molecular formula is C32H35N5O6. The minimum absolute atomic E-state index is 0.0571. The highest BCUT2D eigenvalue weighted by atomic mass is 16.6. The number of cyclic esters (lactones) is 1. The number of amides is 4. The van der Waals surface area contributed by atoms with Crippen LogP contribution in [0.15, 0.2) is 73.1 Å². The van der Waals surface area contributed by atoms with E-state index in [9.17, 15) is 19.2 Å². The molecule has 11 heteroatoms. The van der Waals surface area contributed by atoms with Crippen molar-refractivity contribution in [3.8, 4) is 0 Å². The van der Waals surface area contributed by atoms with Crippen LogP contribution >= 0.6 is 0 Å². The van der Waals surface area contributed by atoms with Gasteiger partial charge in [0, 0.05) is 37.8 Å². The van der Waals surface area contributed by atoms with Gasteiger partial charge in [-0.3, -0.25) is 14.3 Å². The highest BCUT2D eigenvalue weighted by Crippen LogP contribution is 2.47. The van der Waals surface area contributed by atoms with Crippen molar-refractivity contribution in [1.82, 2.24) is 24.5 Å². The van der Waals surface area contributed by atoms with Gasteiger partial charge in [0.05, 0.1) is 24.2 Å². The molecule has 3 fully saturated rings. The van der Waals surface area contributed by atoms with Crippen LogP contribution in [-0.4, -0.2) is 86.9 Å². The molecule has 6 rings (SSSR count). The van der Waals surface area contributed by atoms with E-state index >= 15 is 0 Å². The molecule has 2 atom stereocenters. The molecule has 3 aliphatic heterocycles. The standard InChI is InChI=1S/C32H35N5O6/c1-31(2,3)43-29(40)35-20-32(21-35)19-34(27(38)24-14-33-36(16-24)15-22-10-6-4-7-11-22)17-25(32)28(39)37-26(18-42-30(37)41)23-12-8-5-9-13-23/h4-14,16,25-26H,15,17-21H2,1-3H3/t25-,26-/m0/s1. The number of benzene rings is 2. The lowest BCUT2D eigenvalue weighted by Gasteiger charge is -2.50. The number of carbonyl (C=O) groups excluding carboxylic acids is 4. The van der Waals surface area contributed by atoms with Gasteiger partial charge in [-0.2, -0.15) is 5.10 Å². The lowest BCUT2D eigenvalue weighted by atomic mass is 9.71. The Labute approximate surface area is 249 Å². The van der Waals surface area contributed by atoms with Gasteiger partial charge in [0.15, 0.2) is 0 Å². The molecule has 3 aliphatic rings. The molecule has 3 aromatic rings. The average Bonchev–Trinajstić information content (AvgIpc) is 3.69. The van der Waals surface area contributed by atoms with Crippen LogP contribution in [0.4, 0.5) is 9.59 Å². The lowest BCUT2D eigenvalue weighted by Crippen LogP contribution is -2.64. The number of hydrogen-bond acceptors (Lipinski definition) is 7. The van der Waals surface area contributed by atoms with Gasteiger partial charge in [-0.25, -0.2) is 14.5 Å². The fraction of sp³-hybridized carbons (Fsp3) is 0.406. The molecule has 4 amide bonds. The summed E-state index contributed by atoms with van der Waals surface area (Å²) in [4.78, 5) is 58.0. The number of imide groups is 1. The molecule has 3 saturated heterocycles. The Balaban J connectivity index is 1.24. The quantitative estimate of drug-likeness (QED) is 0.445. The van der Waals surface area contributed by atoms with E-state index in [1.165, 1.54) is 11.1 Å². The molecular weight excluding hydrogens is 550 g/mol. The van der Waals surface area contributed by atoms with E-state index in [1.807, 2.05) is 60.7 Å². The van der Waals surface area contributed by atoms with Gasteiger partial charge >= 0.3 is 12.2 Å². The Kier molecular flexibility index (Phi) is 7.19. The maximum atomic E-state index is 14.2. The van der Waals surface area contributed by atoms with E-state index in [1.54, 1.807) is 41.4 Å². The predicted octanol–water partition coefficient (Wildman–Crippen LogP) is 3.96. The maximum absolute atomic E-state index is 14.2. The van der Waals surface area contributed by atoms with E-state index in [2.05, 4.69) is 5.10 Å². The number of carbonyl (C=O) groups is 4. The summed E-state index contributed by atoms with van der Waals surface area (Å²) in [5, 5.41) is 4.38. The SMILES string of the molecule is CC(C)(C)OC(=O)N1CC2(C1)CN(C(=O)c1cnn(Cc3ccccc3)c1)C[C@H]2C(=O)N1C(=O)OC[C@H]1c1ccccc1. The first-order chi connectivity index (χ1) is 20.5. The monoisotopic (exact) mass is 585 g/mol. The first kappa shape index (κ1) is 28.4.